The molecule has 0 spiro atoms. The quantitative estimate of drug-likeness (QED) is 0.275. The van der Waals surface area contributed by atoms with Crippen LogP contribution < -0.4 is 4.74 Å². The van der Waals surface area contributed by atoms with Crippen LogP contribution in [0.3, 0.4) is 0 Å². The van der Waals surface area contributed by atoms with Crippen LogP contribution in [0.25, 0.3) is 0 Å². The van der Waals surface area contributed by atoms with E-state index in [2.05, 4.69) is 55.3 Å². The fourth-order valence-electron chi connectivity index (χ4n) is 4.43. The van der Waals surface area contributed by atoms with Gasteiger partial charge in [-0.1, -0.05) is 74.5 Å². The third-order valence-corrected chi connectivity index (χ3v) is 6.13. The topological polar surface area (TPSA) is 64.4 Å². The molecular formula is C30H32N2O3. The lowest BCUT2D eigenvalue weighted by Crippen LogP contribution is -2.14. The molecule has 1 heterocycles. The van der Waals surface area contributed by atoms with E-state index in [0.29, 0.717) is 31.1 Å². The lowest BCUT2D eigenvalue weighted by atomic mass is 9.91. The Hall–Kier alpha value is -3.86. The number of carbonyl (C=O) groups is 1. The highest BCUT2D eigenvalue weighted by Gasteiger charge is 2.17. The molecule has 3 aromatic carbocycles. The van der Waals surface area contributed by atoms with Gasteiger partial charge in [0.2, 0.25) is 0 Å². The van der Waals surface area contributed by atoms with Gasteiger partial charge in [-0.25, -0.2) is 4.79 Å². The van der Waals surface area contributed by atoms with Crippen molar-refractivity contribution in [2.75, 3.05) is 6.61 Å². The minimum atomic E-state index is -0.917. The first-order chi connectivity index (χ1) is 17.0. The smallest absolute Gasteiger partial charge is 0.335 e. The summed E-state index contributed by atoms with van der Waals surface area (Å²) in [7, 11) is 0. The van der Waals surface area contributed by atoms with Crippen LogP contribution in [0.1, 0.15) is 58.8 Å². The third kappa shape index (κ3) is 6.60. The Bertz CT molecular complexity index is 1230. The maximum absolute atomic E-state index is 11.8. The van der Waals surface area contributed by atoms with Gasteiger partial charge in [-0.3, -0.25) is 4.68 Å². The van der Waals surface area contributed by atoms with E-state index in [4.69, 9.17) is 4.74 Å². The molecular weight excluding hydrogens is 436 g/mol. The highest BCUT2D eigenvalue weighted by molar-refractivity contribution is 5.89. The lowest BCUT2D eigenvalue weighted by molar-refractivity contribution is 0.0696. The van der Waals surface area contributed by atoms with E-state index in [1.165, 1.54) is 5.56 Å². The summed E-state index contributed by atoms with van der Waals surface area (Å²) < 4.78 is 8.39. The number of benzene rings is 3. The van der Waals surface area contributed by atoms with E-state index in [-0.39, 0.29) is 5.92 Å². The van der Waals surface area contributed by atoms with Crippen molar-refractivity contribution in [3.05, 3.63) is 119 Å². The molecule has 4 aromatic rings. The van der Waals surface area contributed by atoms with E-state index in [9.17, 15) is 9.90 Å². The van der Waals surface area contributed by atoms with Gasteiger partial charge < -0.3 is 9.84 Å². The van der Waals surface area contributed by atoms with Crippen molar-refractivity contribution in [3.63, 3.8) is 0 Å². The first-order valence-corrected chi connectivity index (χ1v) is 12.1. The van der Waals surface area contributed by atoms with Crippen molar-refractivity contribution in [1.29, 1.82) is 0 Å². The zero-order valence-corrected chi connectivity index (χ0v) is 20.3. The number of nitrogens with zero attached hydrogens (tertiary/aromatic N) is 2. The summed E-state index contributed by atoms with van der Waals surface area (Å²) in [5.74, 6) is 0.681. The molecule has 0 radical (unpaired) electrons. The predicted molar refractivity (Wildman–Crippen MR) is 138 cm³/mol. The zero-order valence-electron chi connectivity index (χ0n) is 20.3. The SMILES string of the molecule is CC(C)CC(COc1cc(Cn2cccn2)ccc1Cc1ccccc1C(=O)O)c1ccccc1. The fourth-order valence-corrected chi connectivity index (χ4v) is 4.43. The summed E-state index contributed by atoms with van der Waals surface area (Å²) >= 11 is 0. The van der Waals surface area contributed by atoms with Crippen LogP contribution in [0.15, 0.2) is 91.3 Å². The number of ether oxygens (including phenoxy) is 1. The van der Waals surface area contributed by atoms with Crippen molar-refractivity contribution < 1.29 is 14.6 Å². The van der Waals surface area contributed by atoms with Gasteiger partial charge in [-0.2, -0.15) is 5.10 Å². The number of rotatable bonds is 11. The highest BCUT2D eigenvalue weighted by Crippen LogP contribution is 2.29. The molecule has 5 nitrogen and oxygen atoms in total. The molecule has 5 heteroatoms. The van der Waals surface area contributed by atoms with E-state index < -0.39 is 5.97 Å². The van der Waals surface area contributed by atoms with Crippen LogP contribution in [0.5, 0.6) is 5.75 Å². The Balaban J connectivity index is 1.63. The molecule has 0 aliphatic rings. The van der Waals surface area contributed by atoms with E-state index in [0.717, 1.165) is 28.9 Å². The zero-order chi connectivity index (χ0) is 24.6. The molecule has 1 aromatic heterocycles. The Labute approximate surface area is 207 Å². The summed E-state index contributed by atoms with van der Waals surface area (Å²) in [6, 6.07) is 25.7. The lowest BCUT2D eigenvalue weighted by Gasteiger charge is -2.22. The Kier molecular flexibility index (Phi) is 7.99. The van der Waals surface area contributed by atoms with Crippen molar-refractivity contribution in [1.82, 2.24) is 9.78 Å². The van der Waals surface area contributed by atoms with Gasteiger partial charge in [0.25, 0.3) is 0 Å². The van der Waals surface area contributed by atoms with E-state index in [1.807, 2.05) is 41.2 Å². The number of hydrogen-bond acceptors (Lipinski definition) is 3. The van der Waals surface area contributed by atoms with Crippen LogP contribution in [-0.4, -0.2) is 27.5 Å². The largest absolute Gasteiger partial charge is 0.493 e. The summed E-state index contributed by atoms with van der Waals surface area (Å²) in [6.07, 6.45) is 5.21. The molecule has 35 heavy (non-hydrogen) atoms. The van der Waals surface area contributed by atoms with Crippen LogP contribution in [0.2, 0.25) is 0 Å². The Morgan fingerprint density at radius 3 is 2.46 bits per heavy atom. The minimum Gasteiger partial charge on any atom is -0.493 e. The molecule has 180 valence electrons. The summed E-state index contributed by atoms with van der Waals surface area (Å²) in [5.41, 5.74) is 4.41. The normalized spacial score (nSPS) is 12.0. The van der Waals surface area contributed by atoms with E-state index in [1.54, 1.807) is 18.3 Å². The number of carboxylic acids is 1. The van der Waals surface area contributed by atoms with Crippen LogP contribution in [-0.2, 0) is 13.0 Å². The molecule has 1 unspecified atom stereocenters. The average molecular weight is 469 g/mol. The molecule has 0 fully saturated rings. The van der Waals surface area contributed by atoms with Crippen LogP contribution in [0, 0.1) is 5.92 Å². The second kappa shape index (κ2) is 11.5. The Morgan fingerprint density at radius 1 is 0.971 bits per heavy atom. The van der Waals surface area contributed by atoms with Gasteiger partial charge >= 0.3 is 5.97 Å². The second-order valence-electron chi connectivity index (χ2n) is 9.33. The first-order valence-electron chi connectivity index (χ1n) is 12.1. The first kappa shape index (κ1) is 24.3. The molecule has 4 rings (SSSR count). The van der Waals surface area contributed by atoms with Crippen molar-refractivity contribution in [2.24, 2.45) is 5.92 Å². The van der Waals surface area contributed by atoms with Crippen LogP contribution in [0.4, 0.5) is 0 Å². The van der Waals surface area contributed by atoms with Gasteiger partial charge in [0.1, 0.15) is 5.75 Å². The third-order valence-electron chi connectivity index (χ3n) is 6.13. The van der Waals surface area contributed by atoms with Gasteiger partial charge in [0.05, 0.1) is 18.7 Å². The highest BCUT2D eigenvalue weighted by atomic mass is 16.5. The molecule has 0 saturated carbocycles. The summed E-state index contributed by atoms with van der Waals surface area (Å²) in [5, 5.41) is 14.0. The number of aromatic nitrogens is 2. The summed E-state index contributed by atoms with van der Waals surface area (Å²) in [6.45, 7) is 5.66. The molecule has 0 saturated heterocycles. The molecule has 1 N–H and O–H groups in total. The van der Waals surface area contributed by atoms with Crippen molar-refractivity contribution in [3.8, 4) is 5.75 Å². The van der Waals surface area contributed by atoms with Crippen molar-refractivity contribution >= 4 is 5.97 Å². The molecule has 0 aliphatic carbocycles. The number of aromatic carboxylic acids is 1. The predicted octanol–water partition coefficient (Wildman–Crippen LogP) is 6.43. The monoisotopic (exact) mass is 468 g/mol. The fraction of sp³-hybridized carbons (Fsp3) is 0.267. The van der Waals surface area contributed by atoms with Crippen molar-refractivity contribution in [2.45, 2.75) is 39.2 Å². The molecule has 0 aliphatic heterocycles. The minimum absolute atomic E-state index is 0.269. The van der Waals surface area contributed by atoms with Crippen LogP contribution >= 0.6 is 0 Å². The standard InChI is InChI=1S/C30H32N2O3/c1-22(2)17-27(24-9-4-3-5-10-24)21-35-29-18-23(20-32-16-8-15-31-32)13-14-26(29)19-25-11-6-7-12-28(25)30(33)34/h3-16,18,22,27H,17,19-21H2,1-2H3,(H,33,34). The Morgan fingerprint density at radius 2 is 1.74 bits per heavy atom. The molecule has 0 amide bonds. The maximum atomic E-state index is 11.8. The van der Waals surface area contributed by atoms with E-state index >= 15 is 0 Å². The molecule has 0 bridgehead atoms. The van der Waals surface area contributed by atoms with Gasteiger partial charge in [-0.05, 0) is 52.8 Å². The molecule has 1 atom stereocenters. The van der Waals surface area contributed by atoms with Gasteiger partial charge in [-0.15, -0.1) is 0 Å². The maximum Gasteiger partial charge on any atom is 0.335 e. The second-order valence-corrected chi connectivity index (χ2v) is 9.33. The van der Waals surface area contributed by atoms with Gasteiger partial charge in [0.15, 0.2) is 0 Å². The summed E-state index contributed by atoms with van der Waals surface area (Å²) in [4.78, 5) is 11.8. The average Bonchev–Trinajstić information content (AvgIpc) is 3.36. The van der Waals surface area contributed by atoms with Gasteiger partial charge in [0, 0.05) is 24.7 Å². The number of hydrogen-bond donors (Lipinski definition) is 1. The number of carboxylic acid groups (broad SMARTS) is 1.